The van der Waals surface area contributed by atoms with Crippen LogP contribution in [0.3, 0.4) is 0 Å². The van der Waals surface area contributed by atoms with E-state index in [9.17, 15) is 14.4 Å². The van der Waals surface area contributed by atoms with Gasteiger partial charge in [-0.05, 0) is 12.0 Å². The van der Waals surface area contributed by atoms with Gasteiger partial charge < -0.3 is 14.6 Å². The molecule has 1 aromatic rings. The Morgan fingerprint density at radius 2 is 1.71 bits per heavy atom. The van der Waals surface area contributed by atoms with Crippen molar-refractivity contribution in [1.29, 1.82) is 0 Å². The Balaban J connectivity index is 3.21. The molecule has 0 spiro atoms. The predicted octanol–water partition coefficient (Wildman–Crippen LogP) is 4.23. The summed E-state index contributed by atoms with van der Waals surface area (Å²) in [4.78, 5) is 34.2. The third-order valence-corrected chi connectivity index (χ3v) is 4.37. The van der Waals surface area contributed by atoms with E-state index in [4.69, 9.17) is 44.6 Å². The average molecular weight is 398 g/mol. The van der Waals surface area contributed by atoms with Crippen LogP contribution in [-0.4, -0.2) is 29.6 Å². The number of carbonyl (C=O) groups is 3. The maximum absolute atomic E-state index is 12.3. The highest BCUT2D eigenvalue weighted by atomic mass is 35.5. The van der Waals surface area contributed by atoms with Gasteiger partial charge >= 0.3 is 17.9 Å². The molecule has 0 saturated carbocycles. The smallest absolute Gasteiger partial charge is 0.422 e. The largest absolute Gasteiger partial charge is 0.473 e. The molecule has 0 saturated heterocycles. The normalized spacial score (nSPS) is 10.6. The lowest BCUT2D eigenvalue weighted by molar-refractivity contribution is -0.158. The van der Waals surface area contributed by atoms with Gasteiger partial charge in [0, 0.05) is 0 Å². The summed E-state index contributed by atoms with van der Waals surface area (Å²) in [6.45, 7) is 4.02. The van der Waals surface area contributed by atoms with Crippen LogP contribution in [0.2, 0.25) is 15.1 Å². The van der Waals surface area contributed by atoms with Crippen molar-refractivity contribution >= 4 is 52.7 Å². The molecule has 0 amide bonds. The van der Waals surface area contributed by atoms with Gasteiger partial charge in [0.25, 0.3) is 0 Å². The van der Waals surface area contributed by atoms with E-state index in [1.165, 1.54) is 0 Å². The van der Waals surface area contributed by atoms with E-state index in [0.29, 0.717) is 0 Å². The zero-order valence-corrected chi connectivity index (χ0v) is 15.2. The first-order valence-electron chi connectivity index (χ1n) is 7.02. The van der Waals surface area contributed by atoms with Gasteiger partial charge in [0.15, 0.2) is 5.75 Å². The highest BCUT2D eigenvalue weighted by molar-refractivity contribution is 6.46. The number of carboxylic acid groups (broad SMARTS) is 1. The summed E-state index contributed by atoms with van der Waals surface area (Å²) >= 11 is 17.7. The molecule has 1 N–H and O–H groups in total. The number of carboxylic acids is 1. The van der Waals surface area contributed by atoms with Gasteiger partial charge in [-0.2, -0.15) is 0 Å². The van der Waals surface area contributed by atoms with E-state index in [-0.39, 0.29) is 27.6 Å². The van der Waals surface area contributed by atoms with Crippen LogP contribution in [0.15, 0.2) is 6.07 Å². The maximum Gasteiger partial charge on any atom is 0.422 e. The van der Waals surface area contributed by atoms with Crippen LogP contribution in [0, 0.1) is 5.92 Å². The number of benzene rings is 1. The fraction of sp³-hybridized carbons (Fsp3) is 0.400. The topological polar surface area (TPSA) is 89.9 Å². The number of aliphatic carboxylic acids is 1. The molecule has 0 radical (unpaired) electrons. The van der Waals surface area contributed by atoms with E-state index in [1.54, 1.807) is 0 Å². The van der Waals surface area contributed by atoms with Crippen molar-refractivity contribution in [3.8, 4) is 5.75 Å². The van der Waals surface area contributed by atoms with Gasteiger partial charge in [0.1, 0.15) is 5.56 Å². The lowest BCUT2D eigenvalue weighted by Crippen LogP contribution is -2.22. The minimum Gasteiger partial charge on any atom is -0.473 e. The standard InChI is InChI=1S/C15H15Cl3O6/c1-3-7(4-2)6-23-14(21)10-11(18)8(16)5-9(17)12(10)24-15(22)13(19)20/h5,7H,3-4,6H2,1-2H3,(H,19,20). The fourth-order valence-corrected chi connectivity index (χ4v) is 2.51. The van der Waals surface area contributed by atoms with Crippen LogP contribution in [0.4, 0.5) is 0 Å². The summed E-state index contributed by atoms with van der Waals surface area (Å²) in [5.41, 5.74) is -0.394. The van der Waals surface area contributed by atoms with Crippen molar-refractivity contribution in [3.63, 3.8) is 0 Å². The first kappa shape index (κ1) is 20.5. The monoisotopic (exact) mass is 396 g/mol. The van der Waals surface area contributed by atoms with Crippen molar-refractivity contribution in [1.82, 2.24) is 0 Å². The van der Waals surface area contributed by atoms with Crippen molar-refractivity contribution in [3.05, 3.63) is 26.7 Å². The summed E-state index contributed by atoms with van der Waals surface area (Å²) in [7, 11) is 0. The Kier molecular flexibility index (Phi) is 7.79. The van der Waals surface area contributed by atoms with Gasteiger partial charge in [-0.1, -0.05) is 61.5 Å². The number of esters is 2. The lowest BCUT2D eigenvalue weighted by Gasteiger charge is -2.16. The van der Waals surface area contributed by atoms with Crippen molar-refractivity contribution in [2.45, 2.75) is 26.7 Å². The molecule has 0 unspecified atom stereocenters. The molecule has 1 aromatic carbocycles. The van der Waals surface area contributed by atoms with E-state index in [0.717, 1.165) is 18.9 Å². The van der Waals surface area contributed by atoms with E-state index in [2.05, 4.69) is 4.74 Å². The molecule has 6 nitrogen and oxygen atoms in total. The van der Waals surface area contributed by atoms with Gasteiger partial charge in [-0.25, -0.2) is 14.4 Å². The van der Waals surface area contributed by atoms with Crippen LogP contribution in [-0.2, 0) is 14.3 Å². The molecular formula is C15H15Cl3O6. The van der Waals surface area contributed by atoms with Crippen molar-refractivity contribution in [2.75, 3.05) is 6.61 Å². The first-order chi connectivity index (χ1) is 11.2. The van der Waals surface area contributed by atoms with Gasteiger partial charge in [0.2, 0.25) is 0 Å². The molecule has 0 aliphatic carbocycles. The van der Waals surface area contributed by atoms with Crippen LogP contribution >= 0.6 is 34.8 Å². The number of hydrogen-bond acceptors (Lipinski definition) is 5. The molecule has 1 rings (SSSR count). The molecule has 24 heavy (non-hydrogen) atoms. The third kappa shape index (κ3) is 5.00. The third-order valence-electron chi connectivity index (χ3n) is 3.30. The zero-order valence-electron chi connectivity index (χ0n) is 12.9. The summed E-state index contributed by atoms with van der Waals surface area (Å²) in [5, 5.41) is 8.08. The minimum atomic E-state index is -1.85. The van der Waals surface area contributed by atoms with Crippen LogP contribution in [0.1, 0.15) is 37.0 Å². The molecule has 0 atom stereocenters. The number of ether oxygens (including phenoxy) is 2. The quantitative estimate of drug-likeness (QED) is 0.334. The number of halogens is 3. The number of rotatable bonds is 6. The van der Waals surface area contributed by atoms with Crippen molar-refractivity contribution < 1.29 is 29.0 Å². The van der Waals surface area contributed by atoms with Gasteiger partial charge in [-0.15, -0.1) is 0 Å². The molecule has 9 heteroatoms. The SMILES string of the molecule is CCC(CC)COC(=O)c1c(Cl)c(Cl)cc(Cl)c1OC(=O)C(=O)O. The Hall–Kier alpha value is -1.50. The highest BCUT2D eigenvalue weighted by Crippen LogP contribution is 2.39. The summed E-state index contributed by atoms with van der Waals surface area (Å²) < 4.78 is 9.81. The van der Waals surface area contributed by atoms with Gasteiger partial charge in [-0.3, -0.25) is 0 Å². The zero-order chi connectivity index (χ0) is 18.4. The van der Waals surface area contributed by atoms with E-state index in [1.807, 2.05) is 13.8 Å². The Labute approximate surface area is 153 Å². The molecule has 0 aliphatic rings. The lowest BCUT2D eigenvalue weighted by atomic mass is 10.1. The predicted molar refractivity (Wildman–Crippen MR) is 89.1 cm³/mol. The maximum atomic E-state index is 12.3. The van der Waals surface area contributed by atoms with E-state index < -0.39 is 29.2 Å². The van der Waals surface area contributed by atoms with Crippen LogP contribution < -0.4 is 4.74 Å². The second-order valence-electron chi connectivity index (χ2n) is 4.83. The summed E-state index contributed by atoms with van der Waals surface area (Å²) in [6.07, 6.45) is 1.60. The summed E-state index contributed by atoms with van der Waals surface area (Å²) in [5.74, 6) is -4.75. The van der Waals surface area contributed by atoms with Gasteiger partial charge in [0.05, 0.1) is 21.7 Å². The second kappa shape index (κ2) is 9.11. The average Bonchev–Trinajstić information content (AvgIpc) is 2.53. The minimum absolute atomic E-state index is 0.0636. The second-order valence-corrected chi connectivity index (χ2v) is 6.03. The van der Waals surface area contributed by atoms with E-state index >= 15 is 0 Å². The Morgan fingerprint density at radius 1 is 1.12 bits per heavy atom. The highest BCUT2D eigenvalue weighted by Gasteiger charge is 2.28. The molecule has 132 valence electrons. The number of carbonyl (C=O) groups excluding carboxylic acids is 2. The Bertz CT molecular complexity index is 655. The Morgan fingerprint density at radius 3 is 2.21 bits per heavy atom. The van der Waals surface area contributed by atoms with Crippen molar-refractivity contribution in [2.24, 2.45) is 5.92 Å². The molecule has 0 aliphatic heterocycles. The molecule has 0 heterocycles. The molecule has 0 aromatic heterocycles. The molecule has 0 fully saturated rings. The number of hydrogen-bond donors (Lipinski definition) is 1. The van der Waals surface area contributed by atoms with Crippen LogP contribution in [0.5, 0.6) is 5.75 Å². The fourth-order valence-electron chi connectivity index (χ4n) is 1.79. The summed E-state index contributed by atoms with van der Waals surface area (Å²) in [6, 6.07) is 1.13. The van der Waals surface area contributed by atoms with Crippen LogP contribution in [0.25, 0.3) is 0 Å². The molecular weight excluding hydrogens is 383 g/mol. The molecule has 0 bridgehead atoms. The first-order valence-corrected chi connectivity index (χ1v) is 8.15.